The number of carbonyl (C=O) groups is 2. The number of thiophene rings is 1. The first-order valence-electron chi connectivity index (χ1n) is 11.6. The number of nitrogens with zero attached hydrogens (tertiary/aromatic N) is 1. The molecule has 1 aliphatic heterocycles. The van der Waals surface area contributed by atoms with Crippen LogP contribution in [0.3, 0.4) is 0 Å². The molecule has 35 heavy (non-hydrogen) atoms. The molecule has 2 heterocycles. The summed E-state index contributed by atoms with van der Waals surface area (Å²) in [6.45, 7) is 1.36. The van der Waals surface area contributed by atoms with Crippen molar-refractivity contribution in [3.8, 4) is 17.2 Å². The molecule has 1 atom stereocenters. The van der Waals surface area contributed by atoms with Crippen molar-refractivity contribution in [1.82, 2.24) is 10.2 Å². The number of rotatable bonds is 9. The van der Waals surface area contributed by atoms with E-state index >= 15 is 0 Å². The molecule has 1 aliphatic rings. The first-order valence-corrected chi connectivity index (χ1v) is 12.5. The van der Waals surface area contributed by atoms with Crippen molar-refractivity contribution in [2.75, 3.05) is 20.8 Å². The zero-order valence-electron chi connectivity index (χ0n) is 20.0. The average molecular weight is 495 g/mol. The van der Waals surface area contributed by atoms with E-state index in [1.807, 2.05) is 53.9 Å². The van der Waals surface area contributed by atoms with E-state index < -0.39 is 6.04 Å². The minimum absolute atomic E-state index is 0.0823. The van der Waals surface area contributed by atoms with Crippen LogP contribution in [0.25, 0.3) is 0 Å². The van der Waals surface area contributed by atoms with Gasteiger partial charge in [0.2, 0.25) is 5.91 Å². The Bertz CT molecular complexity index is 1110. The molecule has 0 bridgehead atoms. The molecule has 0 unspecified atom stereocenters. The van der Waals surface area contributed by atoms with E-state index in [1.165, 1.54) is 11.3 Å². The van der Waals surface area contributed by atoms with Crippen LogP contribution in [-0.4, -0.2) is 43.5 Å². The van der Waals surface area contributed by atoms with Crippen molar-refractivity contribution in [3.63, 3.8) is 0 Å². The van der Waals surface area contributed by atoms with Crippen LogP contribution in [0.5, 0.6) is 17.2 Å². The smallest absolute Gasteiger partial charge is 0.264 e. The van der Waals surface area contributed by atoms with Gasteiger partial charge in [-0.05, 0) is 66.1 Å². The maximum Gasteiger partial charge on any atom is 0.264 e. The number of amides is 2. The fraction of sp³-hybridized carbons (Fsp3) is 0.333. The van der Waals surface area contributed by atoms with Crippen molar-refractivity contribution in [2.24, 2.45) is 0 Å². The van der Waals surface area contributed by atoms with Crippen molar-refractivity contribution in [2.45, 2.75) is 38.5 Å². The SMILES string of the molecule is COc1cc(COc2ccc(CN(C(=O)c3cccs3)[C@H]3CCCCNC3=O)cc2)cc(OC)c1. The fourth-order valence-corrected chi connectivity index (χ4v) is 4.77. The van der Waals surface area contributed by atoms with Crippen LogP contribution in [0.2, 0.25) is 0 Å². The summed E-state index contributed by atoms with van der Waals surface area (Å²) >= 11 is 1.39. The van der Waals surface area contributed by atoms with Crippen LogP contribution in [-0.2, 0) is 17.9 Å². The topological polar surface area (TPSA) is 77.1 Å². The predicted octanol–water partition coefficient (Wildman–Crippen LogP) is 4.66. The molecular weight excluding hydrogens is 464 g/mol. The number of hydrogen-bond acceptors (Lipinski definition) is 6. The highest BCUT2D eigenvalue weighted by atomic mass is 32.1. The summed E-state index contributed by atoms with van der Waals surface area (Å²) in [6, 6.07) is 16.4. The Morgan fingerprint density at radius 3 is 2.40 bits per heavy atom. The summed E-state index contributed by atoms with van der Waals surface area (Å²) in [6.07, 6.45) is 2.49. The van der Waals surface area contributed by atoms with Gasteiger partial charge in [-0.3, -0.25) is 9.59 Å². The van der Waals surface area contributed by atoms with Gasteiger partial charge >= 0.3 is 0 Å². The quantitative estimate of drug-likeness (QED) is 0.468. The molecule has 1 fully saturated rings. The van der Waals surface area contributed by atoms with Gasteiger partial charge in [0.25, 0.3) is 5.91 Å². The van der Waals surface area contributed by atoms with E-state index in [1.54, 1.807) is 25.2 Å². The van der Waals surface area contributed by atoms with Crippen LogP contribution in [0.15, 0.2) is 60.0 Å². The molecule has 7 nitrogen and oxygen atoms in total. The third-order valence-corrected chi connectivity index (χ3v) is 6.83. The zero-order valence-corrected chi connectivity index (χ0v) is 20.8. The van der Waals surface area contributed by atoms with E-state index in [2.05, 4.69) is 5.32 Å². The molecule has 1 aromatic heterocycles. The molecule has 184 valence electrons. The molecule has 0 spiro atoms. The summed E-state index contributed by atoms with van der Waals surface area (Å²) in [5.74, 6) is 1.92. The number of ether oxygens (including phenoxy) is 3. The van der Waals surface area contributed by atoms with Crippen LogP contribution in [0.4, 0.5) is 0 Å². The largest absolute Gasteiger partial charge is 0.497 e. The number of benzene rings is 2. The predicted molar refractivity (Wildman–Crippen MR) is 135 cm³/mol. The minimum atomic E-state index is -0.480. The molecule has 8 heteroatoms. The van der Waals surface area contributed by atoms with E-state index in [4.69, 9.17) is 14.2 Å². The lowest BCUT2D eigenvalue weighted by molar-refractivity contribution is -0.125. The van der Waals surface area contributed by atoms with Gasteiger partial charge in [-0.15, -0.1) is 11.3 Å². The van der Waals surface area contributed by atoms with Gasteiger partial charge in [0.05, 0.1) is 19.1 Å². The van der Waals surface area contributed by atoms with E-state index in [9.17, 15) is 9.59 Å². The van der Waals surface area contributed by atoms with Crippen molar-refractivity contribution in [1.29, 1.82) is 0 Å². The molecule has 2 amide bonds. The molecule has 1 N–H and O–H groups in total. The number of carbonyl (C=O) groups excluding carboxylic acids is 2. The lowest BCUT2D eigenvalue weighted by Crippen LogP contribution is -2.48. The summed E-state index contributed by atoms with van der Waals surface area (Å²) in [5, 5.41) is 4.83. The lowest BCUT2D eigenvalue weighted by Gasteiger charge is -2.30. The Labute approximate surface area is 209 Å². The molecule has 3 aromatic rings. The molecule has 0 saturated carbocycles. The highest BCUT2D eigenvalue weighted by Gasteiger charge is 2.31. The standard InChI is InChI=1S/C27H30N2O5S/c1-32-22-14-20(15-23(16-22)33-2)18-34-21-10-8-19(9-11-21)17-29(27(31)25-7-5-13-35-25)24-6-3-4-12-28-26(24)30/h5,7-11,13-16,24H,3-4,6,12,17-18H2,1-2H3,(H,28,30)/t24-/m0/s1. The summed E-state index contributed by atoms with van der Waals surface area (Å²) in [7, 11) is 3.23. The van der Waals surface area contributed by atoms with Gasteiger partial charge in [-0.1, -0.05) is 18.2 Å². The van der Waals surface area contributed by atoms with Gasteiger partial charge in [-0.25, -0.2) is 0 Å². The second-order valence-electron chi connectivity index (χ2n) is 8.37. The maximum absolute atomic E-state index is 13.3. The van der Waals surface area contributed by atoms with E-state index in [0.717, 1.165) is 24.0 Å². The highest BCUT2D eigenvalue weighted by molar-refractivity contribution is 7.12. The number of nitrogens with one attached hydrogen (secondary N) is 1. The van der Waals surface area contributed by atoms with Gasteiger partial charge in [0.1, 0.15) is 29.9 Å². The molecule has 0 aliphatic carbocycles. The third-order valence-electron chi connectivity index (χ3n) is 5.97. The first kappa shape index (κ1) is 24.6. The Morgan fingerprint density at radius 2 is 1.74 bits per heavy atom. The minimum Gasteiger partial charge on any atom is -0.497 e. The van der Waals surface area contributed by atoms with Gasteiger partial charge in [-0.2, -0.15) is 0 Å². The Kier molecular flexibility index (Phi) is 8.26. The van der Waals surface area contributed by atoms with Gasteiger partial charge in [0.15, 0.2) is 0 Å². The lowest BCUT2D eigenvalue weighted by atomic mass is 10.1. The molecule has 2 aromatic carbocycles. The summed E-state index contributed by atoms with van der Waals surface area (Å²) in [5.41, 5.74) is 1.86. The molecular formula is C27H30N2O5S. The number of hydrogen-bond donors (Lipinski definition) is 1. The van der Waals surface area contributed by atoms with Crippen molar-refractivity contribution in [3.05, 3.63) is 76.0 Å². The summed E-state index contributed by atoms with van der Waals surface area (Å²) in [4.78, 5) is 28.4. The molecule has 4 rings (SSSR count). The summed E-state index contributed by atoms with van der Waals surface area (Å²) < 4.78 is 16.6. The van der Waals surface area contributed by atoms with Gasteiger partial charge in [0, 0.05) is 19.2 Å². The Balaban J connectivity index is 1.46. The monoisotopic (exact) mass is 494 g/mol. The maximum atomic E-state index is 13.3. The van der Waals surface area contributed by atoms with Crippen LogP contribution in [0, 0.1) is 0 Å². The van der Waals surface area contributed by atoms with E-state index in [-0.39, 0.29) is 11.8 Å². The highest BCUT2D eigenvalue weighted by Crippen LogP contribution is 2.25. The van der Waals surface area contributed by atoms with Crippen molar-refractivity contribution >= 4 is 23.2 Å². The van der Waals surface area contributed by atoms with Crippen LogP contribution < -0.4 is 19.5 Å². The Morgan fingerprint density at radius 1 is 1.00 bits per heavy atom. The van der Waals surface area contributed by atoms with Crippen LogP contribution in [0.1, 0.15) is 40.1 Å². The average Bonchev–Trinajstić information content (AvgIpc) is 3.35. The van der Waals surface area contributed by atoms with Crippen LogP contribution >= 0.6 is 11.3 Å². The zero-order chi connectivity index (χ0) is 24.6. The fourth-order valence-electron chi connectivity index (χ4n) is 4.09. The first-order chi connectivity index (χ1) is 17.1. The Hall–Kier alpha value is -3.52. The molecule has 0 radical (unpaired) electrons. The number of methoxy groups -OCH3 is 2. The second-order valence-corrected chi connectivity index (χ2v) is 9.31. The normalized spacial score (nSPS) is 15.6. The second kappa shape index (κ2) is 11.8. The van der Waals surface area contributed by atoms with Crippen molar-refractivity contribution < 1.29 is 23.8 Å². The van der Waals surface area contributed by atoms with Gasteiger partial charge < -0.3 is 24.4 Å². The molecule has 1 saturated heterocycles. The third kappa shape index (κ3) is 6.33. The van der Waals surface area contributed by atoms with E-state index in [0.29, 0.717) is 48.2 Å².